The van der Waals surface area contributed by atoms with Crippen molar-refractivity contribution < 1.29 is 8.83 Å². The summed E-state index contributed by atoms with van der Waals surface area (Å²) in [4.78, 5) is 16.0. The van der Waals surface area contributed by atoms with E-state index in [1.54, 1.807) is 0 Å². The molecule has 0 aliphatic carbocycles. The lowest BCUT2D eigenvalue weighted by atomic mass is 10.0. The number of nitrogens with zero attached hydrogens (tertiary/aromatic N) is 4. The van der Waals surface area contributed by atoms with Gasteiger partial charge in [0.25, 0.3) is 0 Å². The van der Waals surface area contributed by atoms with E-state index in [1.165, 1.54) is 32.3 Å². The molecule has 0 saturated carbocycles. The molecule has 0 fully saturated rings. The summed E-state index contributed by atoms with van der Waals surface area (Å²) in [5.74, 6) is 1.64. The molecule has 0 unspecified atom stereocenters. The lowest BCUT2D eigenvalue weighted by Gasteiger charge is -2.14. The zero-order valence-electron chi connectivity index (χ0n) is 33.6. The number of para-hydroxylation sites is 3. The first-order valence-corrected chi connectivity index (χ1v) is 21.2. The summed E-state index contributed by atoms with van der Waals surface area (Å²) in [6, 6.07) is 67.9. The zero-order chi connectivity index (χ0) is 41.2. The lowest BCUT2D eigenvalue weighted by Crippen LogP contribution is -2.02. The number of furan rings is 2. The minimum atomic E-state index is 0.526. The number of fused-ring (bicyclic) bond motifs is 13. The fourth-order valence-corrected chi connectivity index (χ4v) is 9.97. The quantitative estimate of drug-likeness (QED) is 0.177. The number of hydrogen-bond acceptors (Lipinski definition) is 5. The maximum absolute atomic E-state index is 7.04. The van der Waals surface area contributed by atoms with E-state index in [0.29, 0.717) is 17.5 Å². The van der Waals surface area contributed by atoms with Crippen LogP contribution < -0.4 is 0 Å². The van der Waals surface area contributed by atoms with Gasteiger partial charge in [-0.2, -0.15) is 0 Å². The third-order valence-corrected chi connectivity index (χ3v) is 12.8. The van der Waals surface area contributed by atoms with Crippen LogP contribution in [0.2, 0.25) is 0 Å². The van der Waals surface area contributed by atoms with Crippen LogP contribution in [0.25, 0.3) is 138 Å². The molecule has 0 bridgehead atoms. The highest BCUT2D eigenvalue weighted by atomic mass is 16.3. The van der Waals surface area contributed by atoms with Crippen LogP contribution in [0, 0.1) is 0 Å². The predicted octanol–water partition coefficient (Wildman–Crippen LogP) is 15.2. The molecule has 0 spiro atoms. The van der Waals surface area contributed by atoms with Gasteiger partial charge in [-0.25, -0.2) is 15.0 Å². The first kappa shape index (κ1) is 34.1. The minimum Gasteiger partial charge on any atom is -0.455 e. The molecule has 4 heterocycles. The Morgan fingerprint density at radius 1 is 0.333 bits per heavy atom. The Morgan fingerprint density at radius 3 is 1.70 bits per heavy atom. The van der Waals surface area contributed by atoms with Crippen LogP contribution in [0.4, 0.5) is 0 Å². The van der Waals surface area contributed by atoms with Crippen molar-refractivity contribution in [1.29, 1.82) is 0 Å². The topological polar surface area (TPSA) is 69.9 Å². The molecule has 6 nitrogen and oxygen atoms in total. The molecular formula is C57H32N4O2. The van der Waals surface area contributed by atoms with Gasteiger partial charge in [-0.15, -0.1) is 0 Å². The number of hydrogen-bond donors (Lipinski definition) is 0. The first-order valence-electron chi connectivity index (χ1n) is 21.2. The van der Waals surface area contributed by atoms with Gasteiger partial charge < -0.3 is 13.4 Å². The highest BCUT2D eigenvalue weighted by molar-refractivity contribution is 6.22. The average molecular weight is 805 g/mol. The normalized spacial score (nSPS) is 12.1. The van der Waals surface area contributed by atoms with E-state index in [9.17, 15) is 0 Å². The van der Waals surface area contributed by atoms with Gasteiger partial charge in [0.15, 0.2) is 23.1 Å². The van der Waals surface area contributed by atoms with Crippen molar-refractivity contribution in [3.63, 3.8) is 0 Å². The van der Waals surface area contributed by atoms with Gasteiger partial charge in [0, 0.05) is 48.8 Å². The Hall–Kier alpha value is -8.61. The molecule has 6 heteroatoms. The van der Waals surface area contributed by atoms with Gasteiger partial charge in [0.1, 0.15) is 16.7 Å². The van der Waals surface area contributed by atoms with E-state index in [1.807, 2.05) is 36.4 Å². The lowest BCUT2D eigenvalue weighted by molar-refractivity contribution is 0.666. The smallest absolute Gasteiger partial charge is 0.167 e. The third-order valence-electron chi connectivity index (χ3n) is 12.8. The van der Waals surface area contributed by atoms with Crippen molar-refractivity contribution in [1.82, 2.24) is 19.5 Å². The van der Waals surface area contributed by atoms with Crippen LogP contribution in [-0.2, 0) is 0 Å². The molecule has 4 aromatic heterocycles. The summed E-state index contributed by atoms with van der Waals surface area (Å²) in [5.41, 5.74) is 8.82. The van der Waals surface area contributed by atoms with Crippen molar-refractivity contribution in [3.05, 3.63) is 194 Å². The summed E-state index contributed by atoms with van der Waals surface area (Å²) in [5, 5.41) is 13.2. The second-order valence-electron chi connectivity index (χ2n) is 16.3. The van der Waals surface area contributed by atoms with Crippen molar-refractivity contribution in [2.24, 2.45) is 0 Å². The minimum absolute atomic E-state index is 0.526. The molecule has 63 heavy (non-hydrogen) atoms. The van der Waals surface area contributed by atoms with Crippen molar-refractivity contribution >= 4 is 98.0 Å². The summed E-state index contributed by atoms with van der Waals surface area (Å²) in [7, 11) is 0. The Balaban J connectivity index is 1.10. The van der Waals surface area contributed by atoms with Crippen LogP contribution in [-0.4, -0.2) is 19.5 Å². The second kappa shape index (κ2) is 12.9. The van der Waals surface area contributed by atoms with Crippen LogP contribution in [0.5, 0.6) is 0 Å². The molecule has 10 aromatic carbocycles. The monoisotopic (exact) mass is 804 g/mol. The summed E-state index contributed by atoms with van der Waals surface area (Å²) < 4.78 is 16.0. The molecular weight excluding hydrogens is 773 g/mol. The molecule has 14 aromatic rings. The molecule has 14 rings (SSSR count). The maximum atomic E-state index is 7.04. The van der Waals surface area contributed by atoms with E-state index in [0.717, 1.165) is 88.1 Å². The van der Waals surface area contributed by atoms with Crippen molar-refractivity contribution in [2.75, 3.05) is 0 Å². The molecule has 0 saturated heterocycles. The van der Waals surface area contributed by atoms with Crippen LogP contribution >= 0.6 is 0 Å². The highest BCUT2D eigenvalue weighted by Gasteiger charge is 2.25. The molecule has 0 atom stereocenters. The Morgan fingerprint density at radius 2 is 0.889 bits per heavy atom. The Labute approximate surface area is 358 Å². The zero-order valence-corrected chi connectivity index (χ0v) is 33.6. The molecule has 0 aliphatic rings. The van der Waals surface area contributed by atoms with Crippen molar-refractivity contribution in [3.8, 4) is 39.9 Å². The Kier molecular flexibility index (Phi) is 7.02. The van der Waals surface area contributed by atoms with Gasteiger partial charge >= 0.3 is 0 Å². The van der Waals surface area contributed by atoms with E-state index in [-0.39, 0.29) is 0 Å². The van der Waals surface area contributed by atoms with Crippen molar-refractivity contribution in [2.45, 2.75) is 0 Å². The molecule has 0 radical (unpaired) electrons. The van der Waals surface area contributed by atoms with Crippen LogP contribution in [0.3, 0.4) is 0 Å². The van der Waals surface area contributed by atoms with E-state index < -0.39 is 0 Å². The SMILES string of the molecule is c1ccc2cc3c(cc2c1)c1ccc2ccccc2c1n3-c1ccc(-c2nc(-c3cccc4ccccc34)nc(-c3cccc4c3oc3ccccc34)n2)c2c1oc1ccccc12. The van der Waals surface area contributed by atoms with E-state index in [2.05, 4.69) is 162 Å². The summed E-state index contributed by atoms with van der Waals surface area (Å²) in [6.45, 7) is 0. The second-order valence-corrected chi connectivity index (χ2v) is 16.3. The largest absolute Gasteiger partial charge is 0.455 e. The van der Waals surface area contributed by atoms with Crippen LogP contribution in [0.1, 0.15) is 0 Å². The number of rotatable bonds is 4. The fourth-order valence-electron chi connectivity index (χ4n) is 9.97. The van der Waals surface area contributed by atoms with Gasteiger partial charge in [0.05, 0.1) is 22.3 Å². The van der Waals surface area contributed by atoms with E-state index in [4.69, 9.17) is 23.8 Å². The number of benzene rings is 10. The van der Waals surface area contributed by atoms with Gasteiger partial charge in [0.2, 0.25) is 0 Å². The molecule has 0 amide bonds. The molecule has 0 aliphatic heterocycles. The van der Waals surface area contributed by atoms with Gasteiger partial charge in [-0.1, -0.05) is 152 Å². The van der Waals surface area contributed by atoms with Gasteiger partial charge in [-0.05, 0) is 69.4 Å². The van der Waals surface area contributed by atoms with E-state index >= 15 is 0 Å². The predicted molar refractivity (Wildman–Crippen MR) is 258 cm³/mol. The highest BCUT2D eigenvalue weighted by Crippen LogP contribution is 2.45. The summed E-state index contributed by atoms with van der Waals surface area (Å²) in [6.07, 6.45) is 0. The Bertz CT molecular complexity index is 4230. The third kappa shape index (κ3) is 4.97. The first-order chi connectivity index (χ1) is 31.2. The van der Waals surface area contributed by atoms with Crippen LogP contribution in [0.15, 0.2) is 203 Å². The molecule has 0 N–H and O–H groups in total. The maximum Gasteiger partial charge on any atom is 0.167 e. The fraction of sp³-hybridized carbons (Fsp3) is 0. The summed E-state index contributed by atoms with van der Waals surface area (Å²) >= 11 is 0. The standard InChI is InChI=1S/C57H32N4O2/c1-2-16-36-32-48-46(31-35(36)15-1)40-28-27-34-14-4-6-19-38(34)52(40)61(48)47-30-29-44(51-43-21-8-10-26-50(43)63-54(47)51)56-58-55(42-23-11-17-33-13-3-5-18-37(33)42)59-57(60-56)45-24-12-22-41-39-20-7-9-25-49(39)62-53(41)45/h1-32H. The molecule has 292 valence electrons. The average Bonchev–Trinajstić information content (AvgIpc) is 4.03. The van der Waals surface area contributed by atoms with Gasteiger partial charge in [-0.3, -0.25) is 0 Å². The number of aromatic nitrogens is 4.